The van der Waals surface area contributed by atoms with Crippen molar-refractivity contribution in [1.29, 1.82) is 0 Å². The number of hydrogen-bond acceptors (Lipinski definition) is 4. The Labute approximate surface area is 94.3 Å². The standard InChI is InChI=1S/C12H13N3O/c1-16-11-5-2-4-10(8-11)15-9-12-13-6-3-7-14-12/h2-8,15H,9H2,1H3. The van der Waals surface area contributed by atoms with E-state index in [2.05, 4.69) is 15.3 Å². The molecule has 1 N–H and O–H groups in total. The fourth-order valence-corrected chi connectivity index (χ4v) is 1.34. The van der Waals surface area contributed by atoms with E-state index in [-0.39, 0.29) is 0 Å². The first kappa shape index (κ1) is 10.4. The van der Waals surface area contributed by atoms with Gasteiger partial charge in [-0.1, -0.05) is 6.07 Å². The number of aromatic nitrogens is 2. The topological polar surface area (TPSA) is 47.0 Å². The van der Waals surface area contributed by atoms with Gasteiger partial charge in [0.15, 0.2) is 0 Å². The van der Waals surface area contributed by atoms with Gasteiger partial charge in [0.1, 0.15) is 11.6 Å². The van der Waals surface area contributed by atoms with Crippen molar-refractivity contribution in [1.82, 2.24) is 9.97 Å². The van der Waals surface area contributed by atoms with Crippen LogP contribution in [0.2, 0.25) is 0 Å². The number of nitrogens with zero attached hydrogens (tertiary/aromatic N) is 2. The van der Waals surface area contributed by atoms with Gasteiger partial charge in [-0.3, -0.25) is 0 Å². The zero-order chi connectivity index (χ0) is 11.2. The Morgan fingerprint density at radius 1 is 1.19 bits per heavy atom. The molecule has 0 aliphatic rings. The van der Waals surface area contributed by atoms with Crippen molar-refractivity contribution in [2.24, 2.45) is 0 Å². The Balaban J connectivity index is 1.99. The number of nitrogens with one attached hydrogen (secondary N) is 1. The molecule has 2 aromatic rings. The lowest BCUT2D eigenvalue weighted by atomic mass is 10.3. The second kappa shape index (κ2) is 5.11. The maximum atomic E-state index is 5.14. The number of ether oxygens (including phenoxy) is 1. The lowest BCUT2D eigenvalue weighted by molar-refractivity contribution is 0.415. The maximum absolute atomic E-state index is 5.14. The molecule has 4 nitrogen and oxygen atoms in total. The molecule has 1 heterocycles. The summed E-state index contributed by atoms with van der Waals surface area (Å²) in [5, 5.41) is 3.23. The second-order valence-corrected chi connectivity index (χ2v) is 3.25. The Hall–Kier alpha value is -2.10. The summed E-state index contributed by atoms with van der Waals surface area (Å²) < 4.78 is 5.14. The highest BCUT2D eigenvalue weighted by atomic mass is 16.5. The molecule has 0 fully saturated rings. The normalized spacial score (nSPS) is 9.81. The van der Waals surface area contributed by atoms with Crippen LogP contribution in [0.25, 0.3) is 0 Å². The average molecular weight is 215 g/mol. The van der Waals surface area contributed by atoms with E-state index in [1.54, 1.807) is 25.6 Å². The Morgan fingerprint density at radius 2 is 2.00 bits per heavy atom. The molecule has 16 heavy (non-hydrogen) atoms. The molecular weight excluding hydrogens is 202 g/mol. The van der Waals surface area contributed by atoms with Gasteiger partial charge in [-0.25, -0.2) is 9.97 Å². The predicted octanol–water partition coefficient (Wildman–Crippen LogP) is 2.10. The van der Waals surface area contributed by atoms with E-state index in [0.29, 0.717) is 6.54 Å². The quantitative estimate of drug-likeness (QED) is 0.848. The van der Waals surface area contributed by atoms with Crippen LogP contribution in [-0.2, 0) is 6.54 Å². The molecule has 0 saturated heterocycles. The molecule has 0 radical (unpaired) electrons. The molecule has 0 bridgehead atoms. The van der Waals surface area contributed by atoms with Gasteiger partial charge in [-0.15, -0.1) is 0 Å². The highest BCUT2D eigenvalue weighted by Crippen LogP contribution is 2.16. The van der Waals surface area contributed by atoms with Crippen molar-refractivity contribution in [2.75, 3.05) is 12.4 Å². The number of hydrogen-bond donors (Lipinski definition) is 1. The summed E-state index contributed by atoms with van der Waals surface area (Å²) in [6.45, 7) is 0.605. The first-order valence-electron chi connectivity index (χ1n) is 5.02. The van der Waals surface area contributed by atoms with Gasteiger partial charge in [-0.2, -0.15) is 0 Å². The van der Waals surface area contributed by atoms with Gasteiger partial charge in [0.2, 0.25) is 0 Å². The van der Waals surface area contributed by atoms with Crippen LogP contribution in [0.1, 0.15) is 5.82 Å². The maximum Gasteiger partial charge on any atom is 0.147 e. The summed E-state index contributed by atoms with van der Waals surface area (Å²) >= 11 is 0. The molecule has 82 valence electrons. The van der Waals surface area contributed by atoms with Gasteiger partial charge in [0.05, 0.1) is 13.7 Å². The second-order valence-electron chi connectivity index (χ2n) is 3.25. The van der Waals surface area contributed by atoms with Crippen LogP contribution in [0.4, 0.5) is 5.69 Å². The van der Waals surface area contributed by atoms with Crippen LogP contribution >= 0.6 is 0 Å². The van der Waals surface area contributed by atoms with Gasteiger partial charge < -0.3 is 10.1 Å². The van der Waals surface area contributed by atoms with Crippen molar-refractivity contribution in [3.63, 3.8) is 0 Å². The van der Waals surface area contributed by atoms with Crippen LogP contribution < -0.4 is 10.1 Å². The highest BCUT2D eigenvalue weighted by molar-refractivity contribution is 5.48. The minimum atomic E-state index is 0.605. The molecule has 0 amide bonds. The highest BCUT2D eigenvalue weighted by Gasteiger charge is 1.97. The zero-order valence-electron chi connectivity index (χ0n) is 9.05. The molecule has 0 spiro atoms. The van der Waals surface area contributed by atoms with Gasteiger partial charge in [0, 0.05) is 24.1 Å². The van der Waals surface area contributed by atoms with Crippen molar-refractivity contribution in [3.05, 3.63) is 48.5 Å². The fourth-order valence-electron chi connectivity index (χ4n) is 1.34. The summed E-state index contributed by atoms with van der Waals surface area (Å²) in [6, 6.07) is 9.56. The minimum absolute atomic E-state index is 0.605. The third-order valence-electron chi connectivity index (χ3n) is 2.14. The third kappa shape index (κ3) is 2.70. The number of benzene rings is 1. The van der Waals surface area contributed by atoms with Crippen LogP contribution in [0.15, 0.2) is 42.7 Å². The predicted molar refractivity (Wildman–Crippen MR) is 62.4 cm³/mol. The summed E-state index contributed by atoms with van der Waals surface area (Å²) in [5.74, 6) is 1.60. The Bertz CT molecular complexity index is 445. The van der Waals surface area contributed by atoms with Crippen molar-refractivity contribution < 1.29 is 4.74 Å². The third-order valence-corrected chi connectivity index (χ3v) is 2.14. The molecule has 0 aliphatic heterocycles. The summed E-state index contributed by atoms with van der Waals surface area (Å²) in [7, 11) is 1.65. The van der Waals surface area contributed by atoms with Crippen LogP contribution in [0.5, 0.6) is 5.75 Å². The van der Waals surface area contributed by atoms with Gasteiger partial charge in [-0.05, 0) is 18.2 Å². The molecule has 0 atom stereocenters. The SMILES string of the molecule is COc1cccc(NCc2ncccn2)c1. The van der Waals surface area contributed by atoms with E-state index in [0.717, 1.165) is 17.3 Å². The van der Waals surface area contributed by atoms with Gasteiger partial charge >= 0.3 is 0 Å². The molecule has 0 saturated carbocycles. The molecule has 4 heteroatoms. The van der Waals surface area contributed by atoms with Crippen LogP contribution in [0, 0.1) is 0 Å². The van der Waals surface area contributed by atoms with E-state index in [4.69, 9.17) is 4.74 Å². The fraction of sp³-hybridized carbons (Fsp3) is 0.167. The zero-order valence-corrected chi connectivity index (χ0v) is 9.05. The van der Waals surface area contributed by atoms with Crippen LogP contribution in [-0.4, -0.2) is 17.1 Å². The number of anilines is 1. The lowest BCUT2D eigenvalue weighted by Crippen LogP contribution is -2.03. The largest absolute Gasteiger partial charge is 0.497 e. The van der Waals surface area contributed by atoms with Crippen molar-refractivity contribution in [2.45, 2.75) is 6.54 Å². The molecular formula is C12H13N3O. The van der Waals surface area contributed by atoms with E-state index in [1.807, 2.05) is 24.3 Å². The summed E-state index contributed by atoms with van der Waals surface area (Å²) in [4.78, 5) is 8.26. The van der Waals surface area contributed by atoms with Crippen molar-refractivity contribution in [3.8, 4) is 5.75 Å². The first-order chi connectivity index (χ1) is 7.88. The van der Waals surface area contributed by atoms with Crippen LogP contribution in [0.3, 0.4) is 0 Å². The van der Waals surface area contributed by atoms with E-state index in [1.165, 1.54) is 0 Å². The molecule has 1 aromatic heterocycles. The number of methoxy groups -OCH3 is 1. The minimum Gasteiger partial charge on any atom is -0.497 e. The Kier molecular flexibility index (Phi) is 3.33. The average Bonchev–Trinajstić information content (AvgIpc) is 2.38. The monoisotopic (exact) mass is 215 g/mol. The smallest absolute Gasteiger partial charge is 0.147 e. The van der Waals surface area contributed by atoms with Gasteiger partial charge in [0.25, 0.3) is 0 Å². The number of rotatable bonds is 4. The summed E-state index contributed by atoms with van der Waals surface area (Å²) in [6.07, 6.45) is 3.46. The first-order valence-corrected chi connectivity index (χ1v) is 5.02. The van der Waals surface area contributed by atoms with E-state index >= 15 is 0 Å². The molecule has 1 aromatic carbocycles. The molecule has 0 unspecified atom stereocenters. The molecule has 0 aliphatic carbocycles. The Morgan fingerprint density at radius 3 is 2.75 bits per heavy atom. The van der Waals surface area contributed by atoms with E-state index < -0.39 is 0 Å². The lowest BCUT2D eigenvalue weighted by Gasteiger charge is -2.06. The molecule has 2 rings (SSSR count). The summed E-state index contributed by atoms with van der Waals surface area (Å²) in [5.41, 5.74) is 0.992. The van der Waals surface area contributed by atoms with E-state index in [9.17, 15) is 0 Å². The van der Waals surface area contributed by atoms with Crippen molar-refractivity contribution >= 4 is 5.69 Å².